The van der Waals surface area contributed by atoms with Gasteiger partial charge in [0, 0.05) is 24.2 Å². The van der Waals surface area contributed by atoms with E-state index in [1.54, 1.807) is 16.8 Å². The fourth-order valence-corrected chi connectivity index (χ4v) is 3.34. The van der Waals surface area contributed by atoms with Crippen LogP contribution in [0, 0.1) is 11.6 Å². The molecule has 3 aromatic rings. The summed E-state index contributed by atoms with van der Waals surface area (Å²) in [6, 6.07) is 0.127. The van der Waals surface area contributed by atoms with Crippen LogP contribution in [0.4, 0.5) is 19.0 Å². The third kappa shape index (κ3) is 3.78. The molecule has 29 heavy (non-hydrogen) atoms. The number of pyridine rings is 1. The zero-order valence-electron chi connectivity index (χ0n) is 16.5. The van der Waals surface area contributed by atoms with Gasteiger partial charge in [-0.1, -0.05) is 20.8 Å². The summed E-state index contributed by atoms with van der Waals surface area (Å²) in [4.78, 5) is 12.8. The lowest BCUT2D eigenvalue weighted by atomic mass is 9.93. The van der Waals surface area contributed by atoms with E-state index >= 15 is 0 Å². The van der Waals surface area contributed by atoms with Crippen LogP contribution in [0.15, 0.2) is 24.7 Å². The van der Waals surface area contributed by atoms with Gasteiger partial charge >= 0.3 is 0 Å². The first-order chi connectivity index (χ1) is 13.7. The highest BCUT2D eigenvalue weighted by Gasteiger charge is 2.27. The molecular weight excluding hydrogens is 381 g/mol. The van der Waals surface area contributed by atoms with Crippen molar-refractivity contribution in [1.82, 2.24) is 24.7 Å². The first-order valence-corrected chi connectivity index (χ1v) is 9.55. The Labute approximate surface area is 166 Å². The summed E-state index contributed by atoms with van der Waals surface area (Å²) in [6.07, 6.45) is 4.03. The van der Waals surface area contributed by atoms with Crippen molar-refractivity contribution >= 4 is 11.5 Å². The van der Waals surface area contributed by atoms with Crippen LogP contribution in [0.25, 0.3) is 17.0 Å². The van der Waals surface area contributed by atoms with Crippen LogP contribution < -0.4 is 10.6 Å². The molecule has 0 amide bonds. The molecule has 1 saturated heterocycles. The molecule has 1 aliphatic heterocycles. The molecule has 2 unspecified atom stereocenters. The maximum absolute atomic E-state index is 14.6. The lowest BCUT2D eigenvalue weighted by Crippen LogP contribution is -2.46. The van der Waals surface area contributed by atoms with Gasteiger partial charge in [0.2, 0.25) is 0 Å². The third-order valence-corrected chi connectivity index (χ3v) is 5.06. The zero-order valence-corrected chi connectivity index (χ0v) is 16.5. The van der Waals surface area contributed by atoms with Gasteiger partial charge in [0.15, 0.2) is 23.1 Å². The van der Waals surface area contributed by atoms with Gasteiger partial charge in [-0.15, -0.1) is 0 Å². The molecule has 6 nitrogen and oxygen atoms in total. The van der Waals surface area contributed by atoms with Gasteiger partial charge in [0.25, 0.3) is 0 Å². The summed E-state index contributed by atoms with van der Waals surface area (Å²) >= 11 is 0. The van der Waals surface area contributed by atoms with E-state index in [4.69, 9.17) is 0 Å². The Morgan fingerprint density at radius 2 is 1.97 bits per heavy atom. The van der Waals surface area contributed by atoms with Gasteiger partial charge in [-0.25, -0.2) is 23.1 Å². The van der Waals surface area contributed by atoms with Crippen LogP contribution in [-0.4, -0.2) is 44.7 Å². The second-order valence-electron chi connectivity index (χ2n) is 8.30. The number of imidazole rings is 1. The minimum absolute atomic E-state index is 0.0633. The Morgan fingerprint density at radius 1 is 1.17 bits per heavy atom. The first kappa shape index (κ1) is 19.6. The predicted octanol–water partition coefficient (Wildman–Crippen LogP) is 3.48. The number of aromatic nitrogens is 4. The number of nitrogens with one attached hydrogen (secondary N) is 2. The number of fused-ring (bicyclic) bond motifs is 1. The molecular formula is C20H23F3N6. The quantitative estimate of drug-likeness (QED) is 0.700. The maximum Gasteiger partial charge on any atom is 0.168 e. The Bertz CT molecular complexity index is 1040. The number of nitrogens with zero attached hydrogens (tertiary/aromatic N) is 4. The molecule has 0 bridgehead atoms. The number of alkyl halides is 1. The van der Waals surface area contributed by atoms with Crippen LogP contribution in [0.3, 0.4) is 0 Å². The van der Waals surface area contributed by atoms with Gasteiger partial charge in [-0.2, -0.15) is 0 Å². The SMILES string of the molecule is CC(C)(C)c1cn2c(-c3nc(NC4CNCCC4F)c(F)cc3F)cnc2cn1. The lowest BCUT2D eigenvalue weighted by molar-refractivity contribution is 0.240. The Balaban J connectivity index is 1.77. The Hall–Kier alpha value is -2.68. The number of anilines is 1. The minimum Gasteiger partial charge on any atom is -0.361 e. The minimum atomic E-state index is -1.14. The third-order valence-electron chi connectivity index (χ3n) is 5.06. The van der Waals surface area contributed by atoms with Crippen molar-refractivity contribution in [2.45, 2.75) is 44.8 Å². The van der Waals surface area contributed by atoms with E-state index in [1.165, 1.54) is 6.20 Å². The van der Waals surface area contributed by atoms with Gasteiger partial charge in [0.1, 0.15) is 11.9 Å². The maximum atomic E-state index is 14.6. The van der Waals surface area contributed by atoms with Crippen molar-refractivity contribution in [3.63, 3.8) is 0 Å². The fraction of sp³-hybridized carbons (Fsp3) is 0.450. The highest BCUT2D eigenvalue weighted by atomic mass is 19.1. The lowest BCUT2D eigenvalue weighted by Gasteiger charge is -2.28. The van der Waals surface area contributed by atoms with Crippen LogP contribution in [0.5, 0.6) is 0 Å². The average molecular weight is 404 g/mol. The fourth-order valence-electron chi connectivity index (χ4n) is 3.34. The number of rotatable bonds is 3. The van der Waals surface area contributed by atoms with E-state index in [2.05, 4.69) is 25.6 Å². The molecule has 2 atom stereocenters. The molecule has 0 spiro atoms. The standard InChI is InChI=1S/C20H23F3N6/c1-20(2,3)16-10-29-15(8-26-17(29)9-25-16)18-12(22)6-13(23)19(28-18)27-14-7-24-5-4-11(14)21/h6,8-11,14,24H,4-5,7H2,1-3H3,(H,27,28). The molecule has 1 fully saturated rings. The van der Waals surface area contributed by atoms with Gasteiger partial charge < -0.3 is 10.6 Å². The molecule has 2 N–H and O–H groups in total. The number of halogens is 3. The van der Waals surface area contributed by atoms with Crippen molar-refractivity contribution in [3.8, 4) is 11.4 Å². The molecule has 1 aliphatic rings. The summed E-state index contributed by atoms with van der Waals surface area (Å²) in [5.74, 6) is -1.87. The molecule has 4 rings (SSSR count). The molecule has 0 aliphatic carbocycles. The molecule has 9 heteroatoms. The molecule has 0 radical (unpaired) electrons. The van der Waals surface area contributed by atoms with Crippen molar-refractivity contribution in [1.29, 1.82) is 0 Å². The zero-order chi connectivity index (χ0) is 20.8. The summed E-state index contributed by atoms with van der Waals surface area (Å²) in [5.41, 5.74) is 1.40. The molecule has 3 aromatic heterocycles. The van der Waals surface area contributed by atoms with Crippen LogP contribution in [0.2, 0.25) is 0 Å². The normalized spacial score (nSPS) is 20.2. The topological polar surface area (TPSA) is 67.1 Å². The monoisotopic (exact) mass is 404 g/mol. The highest BCUT2D eigenvalue weighted by molar-refractivity contribution is 5.62. The molecule has 154 valence electrons. The van der Waals surface area contributed by atoms with E-state index < -0.39 is 23.8 Å². The molecule has 0 saturated carbocycles. The van der Waals surface area contributed by atoms with E-state index in [-0.39, 0.29) is 16.9 Å². The molecule has 0 aromatic carbocycles. The van der Waals surface area contributed by atoms with E-state index in [0.29, 0.717) is 30.9 Å². The second kappa shape index (κ2) is 7.29. The first-order valence-electron chi connectivity index (χ1n) is 9.55. The largest absolute Gasteiger partial charge is 0.361 e. The summed E-state index contributed by atoms with van der Waals surface area (Å²) < 4.78 is 44.8. The second-order valence-corrected chi connectivity index (χ2v) is 8.30. The smallest absolute Gasteiger partial charge is 0.168 e. The Morgan fingerprint density at radius 3 is 2.69 bits per heavy atom. The van der Waals surface area contributed by atoms with Crippen LogP contribution >= 0.6 is 0 Å². The summed E-state index contributed by atoms with van der Waals surface area (Å²) in [7, 11) is 0. The van der Waals surface area contributed by atoms with Crippen molar-refractivity contribution in [2.24, 2.45) is 0 Å². The van der Waals surface area contributed by atoms with E-state index in [9.17, 15) is 13.2 Å². The van der Waals surface area contributed by atoms with E-state index in [0.717, 1.165) is 11.8 Å². The van der Waals surface area contributed by atoms with Crippen LogP contribution in [-0.2, 0) is 5.41 Å². The van der Waals surface area contributed by atoms with E-state index in [1.807, 2.05) is 20.8 Å². The molecule has 4 heterocycles. The predicted molar refractivity (Wildman–Crippen MR) is 105 cm³/mol. The number of hydrogen-bond donors (Lipinski definition) is 2. The van der Waals surface area contributed by atoms with Gasteiger partial charge in [0.05, 0.1) is 29.8 Å². The van der Waals surface area contributed by atoms with Crippen molar-refractivity contribution in [2.75, 3.05) is 18.4 Å². The van der Waals surface area contributed by atoms with Gasteiger partial charge in [-0.3, -0.25) is 9.38 Å². The summed E-state index contributed by atoms with van der Waals surface area (Å²) in [5, 5.41) is 5.84. The summed E-state index contributed by atoms with van der Waals surface area (Å²) in [6.45, 7) is 6.95. The van der Waals surface area contributed by atoms with Crippen molar-refractivity contribution < 1.29 is 13.2 Å². The van der Waals surface area contributed by atoms with Crippen LogP contribution in [0.1, 0.15) is 32.9 Å². The Kier molecular flexibility index (Phi) is 4.94. The highest BCUT2D eigenvalue weighted by Crippen LogP contribution is 2.28. The van der Waals surface area contributed by atoms with Crippen molar-refractivity contribution in [3.05, 3.63) is 42.0 Å². The number of piperidine rings is 1. The number of hydrogen-bond acceptors (Lipinski definition) is 5. The van der Waals surface area contributed by atoms with Gasteiger partial charge in [-0.05, 0) is 13.0 Å². The average Bonchev–Trinajstić information content (AvgIpc) is 3.08.